The summed E-state index contributed by atoms with van der Waals surface area (Å²) in [4.78, 5) is 45.2. The van der Waals surface area contributed by atoms with Gasteiger partial charge in [0.2, 0.25) is 11.0 Å². The highest BCUT2D eigenvalue weighted by atomic mass is 32.1. The lowest BCUT2D eigenvalue weighted by atomic mass is 10.2. The molecule has 0 aliphatic rings. The van der Waals surface area contributed by atoms with E-state index in [2.05, 4.69) is 20.8 Å². The Labute approximate surface area is 163 Å². The summed E-state index contributed by atoms with van der Waals surface area (Å²) in [5, 5.41) is 24.3. The van der Waals surface area contributed by atoms with E-state index in [1.54, 1.807) is 6.92 Å². The molecule has 0 saturated heterocycles. The number of hydrogen-bond acceptors (Lipinski definition) is 9. The summed E-state index contributed by atoms with van der Waals surface area (Å²) < 4.78 is 4.82. The van der Waals surface area contributed by atoms with Gasteiger partial charge in [0.15, 0.2) is 6.61 Å². The minimum atomic E-state index is -0.631. The molecule has 11 nitrogen and oxygen atoms in total. The first-order valence-electron chi connectivity index (χ1n) is 8.13. The summed E-state index contributed by atoms with van der Waals surface area (Å²) in [6.07, 6.45) is 0.301. The van der Waals surface area contributed by atoms with Crippen molar-refractivity contribution in [1.29, 1.82) is 0 Å². The quantitative estimate of drug-likeness (QED) is 0.364. The van der Waals surface area contributed by atoms with Gasteiger partial charge in [0.05, 0.1) is 4.92 Å². The SMILES string of the molecule is Cc1nnc(NC(=O)CCCC(=O)OCC(=O)Nc2cccc([N+](=O)[O-])c2)s1. The lowest BCUT2D eigenvalue weighted by Crippen LogP contribution is -2.21. The molecule has 1 heterocycles. The van der Waals surface area contributed by atoms with Gasteiger partial charge in [0.25, 0.3) is 11.6 Å². The van der Waals surface area contributed by atoms with Gasteiger partial charge in [-0.2, -0.15) is 0 Å². The molecule has 0 saturated carbocycles. The summed E-state index contributed by atoms with van der Waals surface area (Å²) in [5.74, 6) is -1.56. The molecule has 0 aliphatic heterocycles. The van der Waals surface area contributed by atoms with Crippen molar-refractivity contribution in [2.45, 2.75) is 26.2 Å². The number of amides is 2. The van der Waals surface area contributed by atoms with E-state index in [1.165, 1.54) is 35.6 Å². The predicted octanol–water partition coefficient (Wildman–Crippen LogP) is 2.05. The van der Waals surface area contributed by atoms with Crippen LogP contribution >= 0.6 is 11.3 Å². The van der Waals surface area contributed by atoms with E-state index in [4.69, 9.17) is 4.74 Å². The fourth-order valence-corrected chi connectivity index (χ4v) is 2.64. The largest absolute Gasteiger partial charge is 0.456 e. The molecule has 0 radical (unpaired) electrons. The third-order valence-electron chi connectivity index (χ3n) is 3.26. The van der Waals surface area contributed by atoms with Gasteiger partial charge in [-0.25, -0.2) is 0 Å². The Bertz CT molecular complexity index is 884. The van der Waals surface area contributed by atoms with Crippen molar-refractivity contribution >= 4 is 45.6 Å². The number of aryl methyl sites for hydroxylation is 1. The van der Waals surface area contributed by atoms with E-state index >= 15 is 0 Å². The molecular weight excluding hydrogens is 390 g/mol. The van der Waals surface area contributed by atoms with Crippen LogP contribution in [0, 0.1) is 17.0 Å². The number of benzene rings is 1. The number of aromatic nitrogens is 2. The second-order valence-electron chi connectivity index (χ2n) is 5.54. The number of rotatable bonds is 9. The monoisotopic (exact) mass is 407 g/mol. The maximum absolute atomic E-state index is 11.8. The molecule has 0 unspecified atom stereocenters. The summed E-state index contributed by atoms with van der Waals surface area (Å²) >= 11 is 1.24. The number of nitro benzene ring substituents is 1. The van der Waals surface area contributed by atoms with Gasteiger partial charge >= 0.3 is 5.97 Å². The third-order valence-corrected chi connectivity index (χ3v) is 4.02. The number of nitrogens with zero attached hydrogens (tertiary/aromatic N) is 3. The van der Waals surface area contributed by atoms with Crippen molar-refractivity contribution in [3.8, 4) is 0 Å². The molecule has 0 aliphatic carbocycles. The molecule has 1 aromatic carbocycles. The molecule has 0 spiro atoms. The van der Waals surface area contributed by atoms with Crippen LogP contribution in [0.5, 0.6) is 0 Å². The molecule has 1 aromatic heterocycles. The van der Waals surface area contributed by atoms with E-state index in [-0.39, 0.29) is 36.5 Å². The van der Waals surface area contributed by atoms with Gasteiger partial charge in [-0.15, -0.1) is 10.2 Å². The first-order valence-corrected chi connectivity index (χ1v) is 8.95. The van der Waals surface area contributed by atoms with Crippen molar-refractivity contribution in [2.24, 2.45) is 0 Å². The predicted molar refractivity (Wildman–Crippen MR) is 99.8 cm³/mol. The van der Waals surface area contributed by atoms with E-state index in [1.807, 2.05) is 0 Å². The zero-order chi connectivity index (χ0) is 20.5. The summed E-state index contributed by atoms with van der Waals surface area (Å²) in [7, 11) is 0. The maximum Gasteiger partial charge on any atom is 0.306 e. The minimum absolute atomic E-state index is 0.0351. The fourth-order valence-electron chi connectivity index (χ4n) is 2.03. The smallest absolute Gasteiger partial charge is 0.306 e. The van der Waals surface area contributed by atoms with Crippen LogP contribution in [-0.2, 0) is 19.1 Å². The molecule has 0 fully saturated rings. The van der Waals surface area contributed by atoms with Gasteiger partial charge in [0, 0.05) is 30.7 Å². The van der Waals surface area contributed by atoms with Crippen molar-refractivity contribution in [2.75, 3.05) is 17.2 Å². The number of nitro groups is 1. The van der Waals surface area contributed by atoms with Crippen LogP contribution in [0.1, 0.15) is 24.3 Å². The first-order chi connectivity index (χ1) is 13.3. The van der Waals surface area contributed by atoms with Crippen LogP contribution in [0.2, 0.25) is 0 Å². The number of carbonyl (C=O) groups is 3. The van der Waals surface area contributed by atoms with Crippen LogP contribution in [0.25, 0.3) is 0 Å². The molecule has 148 valence electrons. The van der Waals surface area contributed by atoms with Crippen LogP contribution in [-0.4, -0.2) is 39.5 Å². The molecule has 2 N–H and O–H groups in total. The average molecular weight is 407 g/mol. The molecule has 2 aromatic rings. The summed E-state index contributed by atoms with van der Waals surface area (Å²) in [6.45, 7) is 1.23. The van der Waals surface area contributed by atoms with Gasteiger partial charge in [-0.3, -0.25) is 24.5 Å². The number of anilines is 2. The zero-order valence-corrected chi connectivity index (χ0v) is 15.7. The standard InChI is InChI=1S/C16H17N5O6S/c1-10-19-20-16(28-10)18-13(22)6-3-7-15(24)27-9-14(23)17-11-4-2-5-12(8-11)21(25)26/h2,4-5,8H,3,6-7,9H2,1H3,(H,17,23)(H,18,20,22). The second-order valence-corrected chi connectivity index (χ2v) is 6.73. The van der Waals surface area contributed by atoms with E-state index in [9.17, 15) is 24.5 Å². The normalized spacial score (nSPS) is 10.2. The van der Waals surface area contributed by atoms with Crippen LogP contribution in [0.3, 0.4) is 0 Å². The molecule has 28 heavy (non-hydrogen) atoms. The van der Waals surface area contributed by atoms with Gasteiger partial charge in [-0.05, 0) is 19.4 Å². The number of non-ortho nitro benzene ring substituents is 1. The van der Waals surface area contributed by atoms with E-state index in [0.717, 1.165) is 5.01 Å². The van der Waals surface area contributed by atoms with Crippen molar-refractivity contribution in [3.05, 3.63) is 39.4 Å². The second kappa shape index (κ2) is 10.1. The van der Waals surface area contributed by atoms with Gasteiger partial charge in [0.1, 0.15) is 5.01 Å². The van der Waals surface area contributed by atoms with Crippen molar-refractivity contribution < 1.29 is 24.0 Å². The number of hydrogen-bond donors (Lipinski definition) is 2. The van der Waals surface area contributed by atoms with Crippen LogP contribution < -0.4 is 10.6 Å². The number of ether oxygens (including phenoxy) is 1. The fraction of sp³-hybridized carbons (Fsp3) is 0.312. The number of nitrogens with one attached hydrogen (secondary N) is 2. The van der Waals surface area contributed by atoms with E-state index < -0.39 is 23.4 Å². The molecular formula is C16H17N5O6S. The third kappa shape index (κ3) is 7.07. The summed E-state index contributed by atoms with van der Waals surface area (Å²) in [5.41, 5.74) is 0.0515. The highest BCUT2D eigenvalue weighted by Crippen LogP contribution is 2.17. The summed E-state index contributed by atoms with van der Waals surface area (Å²) in [6, 6.07) is 5.38. The first kappa shape index (κ1) is 20.9. The van der Waals surface area contributed by atoms with Crippen molar-refractivity contribution in [3.63, 3.8) is 0 Å². The molecule has 12 heteroatoms. The van der Waals surface area contributed by atoms with Gasteiger partial charge < -0.3 is 15.4 Å². The Morgan fingerprint density at radius 1 is 1.18 bits per heavy atom. The van der Waals surface area contributed by atoms with Crippen LogP contribution in [0.4, 0.5) is 16.5 Å². The minimum Gasteiger partial charge on any atom is -0.456 e. The van der Waals surface area contributed by atoms with Crippen LogP contribution in [0.15, 0.2) is 24.3 Å². The molecule has 2 rings (SSSR count). The number of esters is 1. The number of carbonyl (C=O) groups excluding carboxylic acids is 3. The lowest BCUT2D eigenvalue weighted by Gasteiger charge is -2.06. The average Bonchev–Trinajstić information content (AvgIpc) is 3.04. The maximum atomic E-state index is 11.8. The zero-order valence-electron chi connectivity index (χ0n) is 14.8. The molecule has 0 bridgehead atoms. The highest BCUT2D eigenvalue weighted by molar-refractivity contribution is 7.15. The topological polar surface area (TPSA) is 153 Å². The van der Waals surface area contributed by atoms with Gasteiger partial charge in [-0.1, -0.05) is 17.4 Å². The molecule has 2 amide bonds. The Balaban J connectivity index is 1.65. The Morgan fingerprint density at radius 2 is 1.96 bits per heavy atom. The Hall–Kier alpha value is -3.41. The molecule has 0 atom stereocenters. The van der Waals surface area contributed by atoms with Crippen molar-refractivity contribution in [1.82, 2.24) is 10.2 Å². The Kier molecular flexibility index (Phi) is 7.51. The van der Waals surface area contributed by atoms with E-state index in [0.29, 0.717) is 5.13 Å². The Morgan fingerprint density at radius 3 is 2.64 bits per heavy atom. The highest BCUT2D eigenvalue weighted by Gasteiger charge is 2.12. The lowest BCUT2D eigenvalue weighted by molar-refractivity contribution is -0.384.